The van der Waals surface area contributed by atoms with Gasteiger partial charge >= 0.3 is 0 Å². The van der Waals surface area contributed by atoms with Crippen molar-refractivity contribution in [2.45, 2.75) is 26.9 Å². The minimum atomic E-state index is 0.828. The van der Waals surface area contributed by atoms with Gasteiger partial charge in [0.15, 0.2) is 0 Å². The molecule has 0 saturated heterocycles. The molecule has 2 rings (SSSR count). The molecule has 86 valence electrons. The molecular formula is C11H13ClN2S2. The number of thiophene rings is 1. The molecule has 0 aromatic carbocycles. The first kappa shape index (κ1) is 12.0. The zero-order chi connectivity index (χ0) is 11.5. The van der Waals surface area contributed by atoms with Crippen LogP contribution in [0.1, 0.15) is 20.5 Å². The molecule has 5 heteroatoms. The molecule has 0 bridgehead atoms. The quantitative estimate of drug-likeness (QED) is 0.917. The number of halogens is 1. The van der Waals surface area contributed by atoms with Crippen LogP contribution in [0.2, 0.25) is 4.34 Å². The van der Waals surface area contributed by atoms with Gasteiger partial charge in [0.1, 0.15) is 5.01 Å². The monoisotopic (exact) mass is 272 g/mol. The Morgan fingerprint density at radius 3 is 2.62 bits per heavy atom. The second-order valence-corrected chi connectivity index (χ2v) is 6.65. The molecule has 0 fully saturated rings. The Hall–Kier alpha value is -0.420. The standard InChI is InChI=1S/C11H13ClN2S2/c1-7-8(2)15-11(14-7)6-13-5-9-3-4-10(12)16-9/h3-4,13H,5-6H2,1-2H3. The van der Waals surface area contributed by atoms with Crippen molar-refractivity contribution in [2.75, 3.05) is 0 Å². The van der Waals surface area contributed by atoms with Crippen molar-refractivity contribution in [3.8, 4) is 0 Å². The van der Waals surface area contributed by atoms with E-state index in [0.717, 1.165) is 28.1 Å². The fraction of sp³-hybridized carbons (Fsp3) is 0.364. The Balaban J connectivity index is 1.84. The average Bonchev–Trinajstić information content (AvgIpc) is 2.75. The van der Waals surface area contributed by atoms with Crippen LogP contribution in [0, 0.1) is 13.8 Å². The molecule has 2 aromatic heterocycles. The fourth-order valence-electron chi connectivity index (χ4n) is 1.35. The Kier molecular flexibility index (Phi) is 3.97. The van der Waals surface area contributed by atoms with E-state index >= 15 is 0 Å². The average molecular weight is 273 g/mol. The summed E-state index contributed by atoms with van der Waals surface area (Å²) in [6.07, 6.45) is 0. The highest BCUT2D eigenvalue weighted by molar-refractivity contribution is 7.16. The van der Waals surface area contributed by atoms with Gasteiger partial charge in [0.05, 0.1) is 10.0 Å². The lowest BCUT2D eigenvalue weighted by Gasteiger charge is -1.98. The summed E-state index contributed by atoms with van der Waals surface area (Å²) < 4.78 is 0.845. The van der Waals surface area contributed by atoms with E-state index in [-0.39, 0.29) is 0 Å². The minimum Gasteiger partial charge on any atom is -0.306 e. The zero-order valence-electron chi connectivity index (χ0n) is 9.21. The molecule has 0 saturated carbocycles. The van der Waals surface area contributed by atoms with Crippen LogP contribution in [-0.4, -0.2) is 4.98 Å². The number of hydrogen-bond acceptors (Lipinski definition) is 4. The van der Waals surface area contributed by atoms with Crippen LogP contribution in [0.3, 0.4) is 0 Å². The van der Waals surface area contributed by atoms with E-state index in [9.17, 15) is 0 Å². The normalized spacial score (nSPS) is 10.9. The number of nitrogens with one attached hydrogen (secondary N) is 1. The Bertz CT molecular complexity index is 457. The number of rotatable bonds is 4. The van der Waals surface area contributed by atoms with E-state index in [0.29, 0.717) is 0 Å². The van der Waals surface area contributed by atoms with Crippen LogP contribution in [0.15, 0.2) is 12.1 Å². The van der Waals surface area contributed by atoms with Crippen molar-refractivity contribution in [2.24, 2.45) is 0 Å². The van der Waals surface area contributed by atoms with Gasteiger partial charge in [-0.3, -0.25) is 0 Å². The van der Waals surface area contributed by atoms with E-state index < -0.39 is 0 Å². The Labute approximate surface area is 108 Å². The molecule has 0 atom stereocenters. The van der Waals surface area contributed by atoms with E-state index in [1.165, 1.54) is 9.75 Å². The highest BCUT2D eigenvalue weighted by Gasteiger charge is 2.03. The van der Waals surface area contributed by atoms with Gasteiger partial charge in [0, 0.05) is 22.8 Å². The van der Waals surface area contributed by atoms with Crippen molar-refractivity contribution >= 4 is 34.3 Å². The number of aryl methyl sites for hydroxylation is 2. The summed E-state index contributed by atoms with van der Waals surface area (Å²) in [6.45, 7) is 5.84. The molecule has 0 amide bonds. The minimum absolute atomic E-state index is 0.828. The van der Waals surface area contributed by atoms with Crippen LogP contribution in [-0.2, 0) is 13.1 Å². The summed E-state index contributed by atoms with van der Waals surface area (Å²) in [5, 5.41) is 4.52. The number of nitrogens with zero attached hydrogens (tertiary/aromatic N) is 1. The predicted octanol–water partition coefficient (Wildman–Crippen LogP) is 3.76. The van der Waals surface area contributed by atoms with Crippen LogP contribution >= 0.6 is 34.3 Å². The maximum absolute atomic E-state index is 5.86. The molecule has 0 aliphatic carbocycles. The molecule has 2 nitrogen and oxygen atoms in total. The summed E-state index contributed by atoms with van der Waals surface area (Å²) in [7, 11) is 0. The van der Waals surface area contributed by atoms with Gasteiger partial charge in [-0.2, -0.15) is 0 Å². The van der Waals surface area contributed by atoms with Gasteiger partial charge in [0.25, 0.3) is 0 Å². The Morgan fingerprint density at radius 2 is 2.06 bits per heavy atom. The molecule has 1 N–H and O–H groups in total. The van der Waals surface area contributed by atoms with E-state index in [4.69, 9.17) is 11.6 Å². The first-order chi connectivity index (χ1) is 7.65. The van der Waals surface area contributed by atoms with Crippen molar-refractivity contribution in [1.29, 1.82) is 0 Å². The number of hydrogen-bond donors (Lipinski definition) is 1. The van der Waals surface area contributed by atoms with E-state index in [2.05, 4.69) is 23.3 Å². The lowest BCUT2D eigenvalue weighted by molar-refractivity contribution is 0.696. The third-order valence-electron chi connectivity index (χ3n) is 2.28. The first-order valence-electron chi connectivity index (χ1n) is 5.03. The van der Waals surface area contributed by atoms with Crippen molar-refractivity contribution < 1.29 is 0 Å². The summed E-state index contributed by atoms with van der Waals surface area (Å²) >= 11 is 9.24. The zero-order valence-corrected chi connectivity index (χ0v) is 11.6. The van der Waals surface area contributed by atoms with Gasteiger partial charge in [-0.05, 0) is 26.0 Å². The topological polar surface area (TPSA) is 24.9 Å². The number of aromatic nitrogens is 1. The SMILES string of the molecule is Cc1nc(CNCc2ccc(Cl)s2)sc1C. The smallest absolute Gasteiger partial charge is 0.107 e. The van der Waals surface area contributed by atoms with Crippen molar-refractivity contribution in [3.63, 3.8) is 0 Å². The predicted molar refractivity (Wildman–Crippen MR) is 71.5 cm³/mol. The maximum atomic E-state index is 5.86. The van der Waals surface area contributed by atoms with E-state index in [1.807, 2.05) is 13.0 Å². The van der Waals surface area contributed by atoms with Gasteiger partial charge < -0.3 is 5.32 Å². The third kappa shape index (κ3) is 3.04. The molecule has 2 heterocycles. The third-order valence-corrected chi connectivity index (χ3v) is 4.58. The second-order valence-electron chi connectivity index (χ2n) is 3.56. The van der Waals surface area contributed by atoms with Crippen LogP contribution in [0.25, 0.3) is 0 Å². The van der Waals surface area contributed by atoms with E-state index in [1.54, 1.807) is 22.7 Å². The number of thiazole rings is 1. The van der Waals surface area contributed by atoms with Crippen molar-refractivity contribution in [3.05, 3.63) is 36.9 Å². The molecule has 16 heavy (non-hydrogen) atoms. The molecular weight excluding hydrogens is 260 g/mol. The van der Waals surface area contributed by atoms with Crippen molar-refractivity contribution in [1.82, 2.24) is 10.3 Å². The highest BCUT2D eigenvalue weighted by atomic mass is 35.5. The summed E-state index contributed by atoms with van der Waals surface area (Å²) in [5.41, 5.74) is 1.14. The lowest BCUT2D eigenvalue weighted by atomic mass is 10.4. The maximum Gasteiger partial charge on any atom is 0.107 e. The van der Waals surface area contributed by atoms with Crippen LogP contribution < -0.4 is 5.32 Å². The molecule has 0 radical (unpaired) electrons. The van der Waals surface area contributed by atoms with Gasteiger partial charge in [0.2, 0.25) is 0 Å². The summed E-state index contributed by atoms with van der Waals surface area (Å²) in [5.74, 6) is 0. The molecule has 2 aromatic rings. The second kappa shape index (κ2) is 5.27. The van der Waals surface area contributed by atoms with Gasteiger partial charge in [-0.1, -0.05) is 11.6 Å². The fourth-order valence-corrected chi connectivity index (χ4v) is 3.31. The lowest BCUT2D eigenvalue weighted by Crippen LogP contribution is -2.11. The molecule has 0 aliphatic heterocycles. The van der Waals surface area contributed by atoms with Crippen LogP contribution in [0.5, 0.6) is 0 Å². The first-order valence-corrected chi connectivity index (χ1v) is 7.04. The molecule has 0 unspecified atom stereocenters. The summed E-state index contributed by atoms with van der Waals surface area (Å²) in [4.78, 5) is 7.04. The van der Waals surface area contributed by atoms with Gasteiger partial charge in [-0.15, -0.1) is 22.7 Å². The largest absolute Gasteiger partial charge is 0.306 e. The summed E-state index contributed by atoms with van der Waals surface area (Å²) in [6, 6.07) is 3.99. The van der Waals surface area contributed by atoms with Crippen LogP contribution in [0.4, 0.5) is 0 Å². The molecule has 0 aliphatic rings. The highest BCUT2D eigenvalue weighted by Crippen LogP contribution is 2.21. The van der Waals surface area contributed by atoms with Gasteiger partial charge in [-0.25, -0.2) is 4.98 Å². The Morgan fingerprint density at radius 1 is 1.25 bits per heavy atom. The molecule has 0 spiro atoms.